The van der Waals surface area contributed by atoms with Gasteiger partial charge in [-0.25, -0.2) is 0 Å². The summed E-state index contributed by atoms with van der Waals surface area (Å²) in [4.78, 5) is 25.6. The molecule has 1 fully saturated rings. The van der Waals surface area contributed by atoms with Crippen molar-refractivity contribution in [2.45, 2.75) is 47.0 Å². The molecule has 1 saturated carbocycles. The number of amides is 2. The van der Waals surface area contributed by atoms with Crippen LogP contribution in [0.15, 0.2) is 0 Å². The molecule has 0 bridgehead atoms. The molecule has 0 radical (unpaired) electrons. The third-order valence-corrected chi connectivity index (χ3v) is 3.10. The van der Waals surface area contributed by atoms with E-state index in [0.29, 0.717) is 5.92 Å². The van der Waals surface area contributed by atoms with Crippen LogP contribution in [-0.2, 0) is 9.59 Å². The summed E-state index contributed by atoms with van der Waals surface area (Å²) in [6.45, 7) is 9.39. The molecule has 0 heterocycles. The Balaban J connectivity index is 2.38. The van der Waals surface area contributed by atoms with Gasteiger partial charge in [-0.05, 0) is 25.2 Å². The van der Waals surface area contributed by atoms with Crippen LogP contribution < -0.4 is 5.32 Å². The van der Waals surface area contributed by atoms with Crippen molar-refractivity contribution in [3.63, 3.8) is 0 Å². The smallest absolute Gasteiger partial charge is 0.241 e. The van der Waals surface area contributed by atoms with Gasteiger partial charge in [0.15, 0.2) is 0 Å². The molecule has 1 rings (SSSR count). The van der Waals surface area contributed by atoms with Gasteiger partial charge in [0.25, 0.3) is 0 Å². The summed E-state index contributed by atoms with van der Waals surface area (Å²) in [5.74, 6) is 0.666. The molecule has 0 aromatic heterocycles. The molecular formula is C14H26N2O2. The van der Waals surface area contributed by atoms with E-state index < -0.39 is 5.41 Å². The Morgan fingerprint density at radius 3 is 2.33 bits per heavy atom. The molecule has 4 heteroatoms. The maximum atomic E-state index is 12.0. The molecule has 1 N–H and O–H groups in total. The maximum absolute atomic E-state index is 12.0. The van der Waals surface area contributed by atoms with Gasteiger partial charge < -0.3 is 10.2 Å². The van der Waals surface area contributed by atoms with Crippen molar-refractivity contribution in [3.05, 3.63) is 0 Å². The van der Waals surface area contributed by atoms with Crippen LogP contribution in [0.5, 0.6) is 0 Å². The minimum Gasteiger partial charge on any atom is -0.347 e. The van der Waals surface area contributed by atoms with Crippen molar-refractivity contribution < 1.29 is 9.59 Å². The average molecular weight is 254 g/mol. The molecule has 0 saturated heterocycles. The second-order valence-electron chi connectivity index (χ2n) is 6.22. The van der Waals surface area contributed by atoms with Crippen molar-refractivity contribution in [3.8, 4) is 0 Å². The van der Waals surface area contributed by atoms with Gasteiger partial charge in [-0.1, -0.05) is 27.7 Å². The lowest BCUT2D eigenvalue weighted by Gasteiger charge is -2.23. The predicted molar refractivity (Wildman–Crippen MR) is 72.1 cm³/mol. The summed E-state index contributed by atoms with van der Waals surface area (Å²) >= 11 is 0. The second-order valence-corrected chi connectivity index (χ2v) is 6.22. The van der Waals surface area contributed by atoms with Gasteiger partial charge in [0, 0.05) is 18.5 Å². The molecule has 2 amide bonds. The Hall–Kier alpha value is -1.06. The molecule has 0 atom stereocenters. The zero-order chi connectivity index (χ0) is 13.8. The molecule has 0 aromatic carbocycles. The fourth-order valence-electron chi connectivity index (χ4n) is 1.73. The van der Waals surface area contributed by atoms with Gasteiger partial charge >= 0.3 is 0 Å². The van der Waals surface area contributed by atoms with Gasteiger partial charge in [-0.15, -0.1) is 0 Å². The van der Waals surface area contributed by atoms with Crippen LogP contribution in [0.25, 0.3) is 0 Å². The Labute approximate surface area is 110 Å². The van der Waals surface area contributed by atoms with Crippen LogP contribution in [0.1, 0.15) is 47.0 Å². The predicted octanol–water partition coefficient (Wildman–Crippen LogP) is 1.80. The lowest BCUT2D eigenvalue weighted by atomic mass is 9.96. The highest BCUT2D eigenvalue weighted by Gasteiger charge is 2.27. The van der Waals surface area contributed by atoms with Crippen LogP contribution in [0.4, 0.5) is 0 Å². The van der Waals surface area contributed by atoms with Gasteiger partial charge in [0.2, 0.25) is 11.8 Å². The van der Waals surface area contributed by atoms with E-state index in [0.717, 1.165) is 19.5 Å². The number of hydrogen-bond donors (Lipinski definition) is 1. The zero-order valence-electron chi connectivity index (χ0n) is 12.1. The molecule has 0 aromatic rings. The zero-order valence-corrected chi connectivity index (χ0v) is 12.1. The van der Waals surface area contributed by atoms with Crippen molar-refractivity contribution in [1.82, 2.24) is 10.2 Å². The summed E-state index contributed by atoms with van der Waals surface area (Å²) in [6.07, 6.45) is 3.44. The fraction of sp³-hybridized carbons (Fsp3) is 0.857. The number of hydrogen-bond acceptors (Lipinski definition) is 2. The lowest BCUT2D eigenvalue weighted by molar-refractivity contribution is -0.135. The van der Waals surface area contributed by atoms with E-state index in [9.17, 15) is 9.59 Å². The highest BCUT2D eigenvalue weighted by atomic mass is 16.2. The Morgan fingerprint density at radius 1 is 1.28 bits per heavy atom. The van der Waals surface area contributed by atoms with Crippen molar-refractivity contribution >= 4 is 11.8 Å². The first-order valence-electron chi connectivity index (χ1n) is 6.90. The fourth-order valence-corrected chi connectivity index (χ4v) is 1.73. The van der Waals surface area contributed by atoms with Crippen molar-refractivity contribution in [2.75, 3.05) is 19.6 Å². The van der Waals surface area contributed by atoms with E-state index in [1.54, 1.807) is 0 Å². The van der Waals surface area contributed by atoms with Crippen LogP contribution in [0.3, 0.4) is 0 Å². The number of rotatable bonds is 6. The van der Waals surface area contributed by atoms with E-state index in [-0.39, 0.29) is 18.4 Å². The Morgan fingerprint density at radius 2 is 1.89 bits per heavy atom. The van der Waals surface area contributed by atoms with Gasteiger partial charge in [-0.3, -0.25) is 9.59 Å². The monoisotopic (exact) mass is 254 g/mol. The number of carbonyl (C=O) groups is 2. The molecule has 18 heavy (non-hydrogen) atoms. The molecule has 104 valence electrons. The molecule has 0 spiro atoms. The Kier molecular flexibility index (Phi) is 5.17. The topological polar surface area (TPSA) is 49.4 Å². The third kappa shape index (κ3) is 5.07. The first-order valence-corrected chi connectivity index (χ1v) is 6.90. The third-order valence-electron chi connectivity index (χ3n) is 3.10. The summed E-state index contributed by atoms with van der Waals surface area (Å²) < 4.78 is 0. The van der Waals surface area contributed by atoms with E-state index in [1.807, 2.05) is 25.7 Å². The SMILES string of the molecule is CCCN(CC1CC1)C(=O)CNC(=O)C(C)(C)C. The minimum atomic E-state index is -0.438. The lowest BCUT2D eigenvalue weighted by Crippen LogP contribution is -2.44. The Bertz CT molecular complexity index is 303. The molecule has 1 aliphatic carbocycles. The first-order chi connectivity index (χ1) is 8.34. The van der Waals surface area contributed by atoms with Gasteiger partial charge in [-0.2, -0.15) is 0 Å². The first kappa shape index (κ1) is 15.0. The largest absolute Gasteiger partial charge is 0.347 e. The van der Waals surface area contributed by atoms with Crippen LogP contribution in [-0.4, -0.2) is 36.3 Å². The number of carbonyl (C=O) groups excluding carboxylic acids is 2. The minimum absolute atomic E-state index is 0.0429. The molecular weight excluding hydrogens is 228 g/mol. The van der Waals surface area contributed by atoms with Crippen molar-refractivity contribution in [1.29, 1.82) is 0 Å². The van der Waals surface area contributed by atoms with E-state index in [4.69, 9.17) is 0 Å². The number of nitrogens with one attached hydrogen (secondary N) is 1. The van der Waals surface area contributed by atoms with E-state index in [2.05, 4.69) is 12.2 Å². The summed E-state index contributed by atoms with van der Waals surface area (Å²) in [7, 11) is 0. The molecule has 0 aliphatic heterocycles. The van der Waals surface area contributed by atoms with Crippen LogP contribution >= 0.6 is 0 Å². The molecule has 1 aliphatic rings. The standard InChI is InChI=1S/C14H26N2O2/c1-5-8-16(10-11-6-7-11)12(17)9-15-13(18)14(2,3)4/h11H,5-10H2,1-4H3,(H,15,18). The van der Waals surface area contributed by atoms with Crippen molar-refractivity contribution in [2.24, 2.45) is 11.3 Å². The quantitative estimate of drug-likeness (QED) is 0.785. The molecule has 4 nitrogen and oxygen atoms in total. The average Bonchev–Trinajstić information content (AvgIpc) is 3.07. The second kappa shape index (κ2) is 6.21. The molecule has 0 unspecified atom stereocenters. The van der Waals surface area contributed by atoms with E-state index in [1.165, 1.54) is 12.8 Å². The summed E-state index contributed by atoms with van der Waals surface area (Å²) in [6, 6.07) is 0. The normalized spacial score (nSPS) is 15.3. The summed E-state index contributed by atoms with van der Waals surface area (Å²) in [5, 5.41) is 2.72. The van der Waals surface area contributed by atoms with Gasteiger partial charge in [0.05, 0.1) is 6.54 Å². The van der Waals surface area contributed by atoms with Crippen LogP contribution in [0, 0.1) is 11.3 Å². The van der Waals surface area contributed by atoms with E-state index >= 15 is 0 Å². The maximum Gasteiger partial charge on any atom is 0.241 e. The highest BCUT2D eigenvalue weighted by molar-refractivity contribution is 5.87. The highest BCUT2D eigenvalue weighted by Crippen LogP contribution is 2.29. The number of nitrogens with zero attached hydrogens (tertiary/aromatic N) is 1. The van der Waals surface area contributed by atoms with Gasteiger partial charge in [0.1, 0.15) is 0 Å². The summed E-state index contributed by atoms with van der Waals surface area (Å²) in [5.41, 5.74) is -0.438. The van der Waals surface area contributed by atoms with Crippen LogP contribution in [0.2, 0.25) is 0 Å².